The van der Waals surface area contributed by atoms with Crippen LogP contribution < -0.4 is 10.6 Å². The number of rotatable bonds is 3. The van der Waals surface area contributed by atoms with Crippen molar-refractivity contribution in [2.45, 2.75) is 32.1 Å². The molecule has 7 heteroatoms. The Labute approximate surface area is 133 Å². The van der Waals surface area contributed by atoms with Gasteiger partial charge in [0.25, 0.3) is 0 Å². The van der Waals surface area contributed by atoms with Crippen molar-refractivity contribution in [2.75, 3.05) is 5.32 Å². The Balaban J connectivity index is 1.95. The van der Waals surface area contributed by atoms with Gasteiger partial charge in [-0.2, -0.15) is 0 Å². The van der Waals surface area contributed by atoms with E-state index in [4.69, 9.17) is 17.3 Å². The fourth-order valence-electron chi connectivity index (χ4n) is 2.53. The fraction of sp³-hybridized carbons (Fsp3) is 0.400. The monoisotopic (exact) mass is 322 g/mol. The average molecular weight is 322 g/mol. The zero-order chi connectivity index (χ0) is 16.1. The van der Waals surface area contributed by atoms with Crippen LogP contribution in [0.5, 0.6) is 5.75 Å². The summed E-state index contributed by atoms with van der Waals surface area (Å²) < 4.78 is 0. The number of carbonyl (C=O) groups excluding carboxylic acids is 1. The number of nitrogens with one attached hydrogen (secondary N) is 2. The lowest BCUT2D eigenvalue weighted by atomic mass is 9.89. The lowest BCUT2D eigenvalue weighted by molar-refractivity contribution is -0.124. The summed E-state index contributed by atoms with van der Waals surface area (Å²) in [6.45, 7) is 0. The van der Waals surface area contributed by atoms with Crippen molar-refractivity contribution in [1.29, 1.82) is 0 Å². The molecule has 0 aliphatic heterocycles. The van der Waals surface area contributed by atoms with Gasteiger partial charge < -0.3 is 20.8 Å². The van der Waals surface area contributed by atoms with Gasteiger partial charge in [0.05, 0.1) is 0 Å². The van der Waals surface area contributed by atoms with Crippen molar-refractivity contribution >= 4 is 34.9 Å². The van der Waals surface area contributed by atoms with Gasteiger partial charge in [0.1, 0.15) is 11.3 Å². The van der Waals surface area contributed by atoms with E-state index in [9.17, 15) is 14.7 Å². The number of hydrogen-bond donors (Lipinski definition) is 4. The minimum atomic E-state index is -1.24. The molecule has 1 fully saturated rings. The van der Waals surface area contributed by atoms with Gasteiger partial charge in [-0.3, -0.25) is 4.79 Å². The Kier molecular flexibility index (Phi) is 5.32. The third-order valence-electron chi connectivity index (χ3n) is 3.70. The summed E-state index contributed by atoms with van der Waals surface area (Å²) in [6, 6.07) is 4.01. The van der Waals surface area contributed by atoms with Crippen molar-refractivity contribution in [3.63, 3.8) is 0 Å². The number of carboxylic acid groups (broad SMARTS) is 1. The van der Waals surface area contributed by atoms with E-state index in [1.165, 1.54) is 18.2 Å². The molecule has 0 bridgehead atoms. The van der Waals surface area contributed by atoms with E-state index in [0.717, 1.165) is 32.1 Å². The number of carbonyl (C=O) groups is 2. The van der Waals surface area contributed by atoms with Crippen LogP contribution in [-0.2, 0) is 4.79 Å². The second-order valence-electron chi connectivity index (χ2n) is 5.32. The molecule has 118 valence electrons. The summed E-state index contributed by atoms with van der Waals surface area (Å²) >= 11 is 5.07. The highest BCUT2D eigenvalue weighted by Crippen LogP contribution is 2.24. The van der Waals surface area contributed by atoms with Crippen molar-refractivity contribution in [1.82, 2.24) is 5.32 Å². The molecular weight excluding hydrogens is 304 g/mol. The number of anilines is 1. The number of aromatic hydroxyl groups is 1. The maximum absolute atomic E-state index is 12.1. The highest BCUT2D eigenvalue weighted by Gasteiger charge is 2.21. The minimum absolute atomic E-state index is 0.0112. The van der Waals surface area contributed by atoms with Crippen molar-refractivity contribution in [3.05, 3.63) is 23.8 Å². The molecule has 0 atom stereocenters. The van der Waals surface area contributed by atoms with Gasteiger partial charge in [-0.15, -0.1) is 0 Å². The summed E-state index contributed by atoms with van der Waals surface area (Å²) in [7, 11) is 0. The standard InChI is InChI=1S/C15H18N2O4S/c18-12-7-6-10(8-11(12)14(20)21)16-15(22)17-13(19)9-4-2-1-3-5-9/h6-9,18H,1-5H2,(H,20,21)(H2,16,17,19,22). The Bertz CT molecular complexity index is 597. The molecule has 0 radical (unpaired) electrons. The van der Waals surface area contributed by atoms with Crippen molar-refractivity contribution in [3.8, 4) is 5.75 Å². The lowest BCUT2D eigenvalue weighted by Gasteiger charge is -2.21. The van der Waals surface area contributed by atoms with Crippen LogP contribution in [0.3, 0.4) is 0 Å². The third-order valence-corrected chi connectivity index (χ3v) is 3.90. The molecule has 1 aromatic carbocycles. The van der Waals surface area contributed by atoms with Crippen LogP contribution in [-0.4, -0.2) is 27.2 Å². The molecule has 1 aliphatic rings. The van der Waals surface area contributed by atoms with Crippen LogP contribution >= 0.6 is 12.2 Å². The first kappa shape index (κ1) is 16.2. The minimum Gasteiger partial charge on any atom is -0.507 e. The SMILES string of the molecule is O=C(O)c1cc(NC(=S)NC(=O)C2CCCCC2)ccc1O. The second-order valence-corrected chi connectivity index (χ2v) is 5.72. The van der Waals surface area contributed by atoms with Crippen LogP contribution in [0, 0.1) is 5.92 Å². The number of hydrogen-bond acceptors (Lipinski definition) is 4. The van der Waals surface area contributed by atoms with Crippen LogP contribution in [0.4, 0.5) is 5.69 Å². The van der Waals surface area contributed by atoms with Crippen molar-refractivity contribution in [2.24, 2.45) is 5.92 Å². The molecule has 4 N–H and O–H groups in total. The maximum Gasteiger partial charge on any atom is 0.339 e. The highest BCUT2D eigenvalue weighted by atomic mass is 32.1. The quantitative estimate of drug-likeness (QED) is 0.504. The molecule has 6 nitrogen and oxygen atoms in total. The predicted molar refractivity (Wildman–Crippen MR) is 86.0 cm³/mol. The second kappa shape index (κ2) is 7.22. The first-order chi connectivity index (χ1) is 10.5. The summed E-state index contributed by atoms with van der Waals surface area (Å²) in [4.78, 5) is 23.0. The van der Waals surface area contributed by atoms with E-state index in [2.05, 4.69) is 10.6 Å². The van der Waals surface area contributed by atoms with Crippen LogP contribution in [0.2, 0.25) is 0 Å². The summed E-state index contributed by atoms with van der Waals surface area (Å²) in [6.07, 6.45) is 5.02. The van der Waals surface area contributed by atoms with E-state index in [1.54, 1.807) is 0 Å². The Hall–Kier alpha value is -2.15. The van der Waals surface area contributed by atoms with Crippen LogP contribution in [0.15, 0.2) is 18.2 Å². The zero-order valence-electron chi connectivity index (χ0n) is 12.0. The van der Waals surface area contributed by atoms with Gasteiger partial charge in [0, 0.05) is 11.6 Å². The first-order valence-electron chi connectivity index (χ1n) is 7.15. The highest BCUT2D eigenvalue weighted by molar-refractivity contribution is 7.80. The topological polar surface area (TPSA) is 98.7 Å². The van der Waals surface area contributed by atoms with E-state index in [1.807, 2.05) is 0 Å². The summed E-state index contributed by atoms with van der Waals surface area (Å²) in [5.41, 5.74) is 0.163. The Morgan fingerprint density at radius 1 is 1.18 bits per heavy atom. The normalized spacial score (nSPS) is 15.1. The molecule has 0 saturated heterocycles. The molecule has 0 spiro atoms. The maximum atomic E-state index is 12.1. The molecule has 1 aliphatic carbocycles. The van der Waals surface area contributed by atoms with Gasteiger partial charge in [-0.1, -0.05) is 19.3 Å². The number of phenols is 1. The van der Waals surface area contributed by atoms with Crippen LogP contribution in [0.1, 0.15) is 42.5 Å². The van der Waals surface area contributed by atoms with E-state index in [0.29, 0.717) is 5.69 Å². The van der Waals surface area contributed by atoms with E-state index >= 15 is 0 Å². The molecule has 1 amide bonds. The fourth-order valence-corrected chi connectivity index (χ4v) is 2.74. The molecule has 22 heavy (non-hydrogen) atoms. The zero-order valence-corrected chi connectivity index (χ0v) is 12.8. The summed E-state index contributed by atoms with van der Waals surface area (Å²) in [5.74, 6) is -1.68. The summed E-state index contributed by atoms with van der Waals surface area (Å²) in [5, 5.41) is 23.9. The average Bonchev–Trinajstić information content (AvgIpc) is 2.49. The Morgan fingerprint density at radius 2 is 1.86 bits per heavy atom. The third kappa shape index (κ3) is 4.17. The van der Waals surface area contributed by atoms with Gasteiger partial charge in [0.15, 0.2) is 5.11 Å². The van der Waals surface area contributed by atoms with E-state index < -0.39 is 5.97 Å². The molecule has 2 rings (SSSR count). The lowest BCUT2D eigenvalue weighted by Crippen LogP contribution is -2.39. The van der Waals surface area contributed by atoms with Gasteiger partial charge in [-0.05, 0) is 43.3 Å². The van der Waals surface area contributed by atoms with Gasteiger partial charge in [-0.25, -0.2) is 4.79 Å². The number of carboxylic acids is 1. The smallest absolute Gasteiger partial charge is 0.339 e. The molecule has 0 aromatic heterocycles. The number of thiocarbonyl (C=S) groups is 1. The predicted octanol–water partition coefficient (Wildman–Crippen LogP) is 2.48. The molecule has 1 saturated carbocycles. The van der Waals surface area contributed by atoms with Crippen LogP contribution in [0.25, 0.3) is 0 Å². The van der Waals surface area contributed by atoms with Gasteiger partial charge >= 0.3 is 5.97 Å². The Morgan fingerprint density at radius 3 is 2.50 bits per heavy atom. The van der Waals surface area contributed by atoms with Gasteiger partial charge in [0.2, 0.25) is 5.91 Å². The largest absolute Gasteiger partial charge is 0.507 e. The van der Waals surface area contributed by atoms with Crippen molar-refractivity contribution < 1.29 is 19.8 Å². The molecule has 0 unspecified atom stereocenters. The number of benzene rings is 1. The molecule has 0 heterocycles. The molecule has 1 aromatic rings. The van der Waals surface area contributed by atoms with E-state index in [-0.39, 0.29) is 28.3 Å². The number of amides is 1. The molecular formula is C15H18N2O4S. The number of aromatic carboxylic acids is 1. The first-order valence-corrected chi connectivity index (χ1v) is 7.56.